The van der Waals surface area contributed by atoms with Crippen LogP contribution in [0.1, 0.15) is 20.7 Å². The van der Waals surface area contributed by atoms with Crippen LogP contribution in [0, 0.1) is 0 Å². The predicted molar refractivity (Wildman–Crippen MR) is 207 cm³/mol. The smallest absolute Gasteiger partial charge is 0.256 e. The van der Waals surface area contributed by atoms with Gasteiger partial charge in [-0.2, -0.15) is 5.11 Å². The largest absolute Gasteiger partial charge is 0.322 e. The van der Waals surface area contributed by atoms with Crippen LogP contribution in [0.5, 0.6) is 0 Å². The van der Waals surface area contributed by atoms with Gasteiger partial charge in [-0.15, -0.1) is 5.11 Å². The Morgan fingerprint density at radius 3 is 1.50 bits per heavy atom. The van der Waals surface area contributed by atoms with E-state index in [1.54, 1.807) is 30.3 Å². The molecule has 248 valence electrons. The Kier molecular flexibility index (Phi) is 8.76. The van der Waals surface area contributed by atoms with Crippen molar-refractivity contribution in [2.24, 2.45) is 10.2 Å². The molecular weight excluding hydrogens is 645 g/mol. The van der Waals surface area contributed by atoms with Gasteiger partial charge in [-0.1, -0.05) is 115 Å². The first-order valence-corrected chi connectivity index (χ1v) is 16.7. The topological polar surface area (TPSA) is 109 Å². The van der Waals surface area contributed by atoms with E-state index in [1.165, 1.54) is 0 Å². The molecule has 2 aromatic heterocycles. The first-order valence-electron chi connectivity index (χ1n) is 16.7. The lowest BCUT2D eigenvalue weighted by molar-refractivity contribution is 0.102. The van der Waals surface area contributed by atoms with Crippen LogP contribution in [0.4, 0.5) is 22.7 Å². The molecule has 8 aromatic rings. The molecule has 0 fully saturated rings. The van der Waals surface area contributed by atoms with Crippen molar-refractivity contribution >= 4 is 56.4 Å². The molecule has 2 heterocycles. The lowest BCUT2D eigenvalue weighted by Gasteiger charge is -2.14. The highest BCUT2D eigenvalue weighted by atomic mass is 16.2. The lowest BCUT2D eigenvalue weighted by Crippen LogP contribution is -2.15. The predicted octanol–water partition coefficient (Wildman–Crippen LogP) is 11.0. The quantitative estimate of drug-likeness (QED) is 0.156. The summed E-state index contributed by atoms with van der Waals surface area (Å²) in [5.41, 5.74) is 7.38. The van der Waals surface area contributed by atoms with Crippen LogP contribution in [0.3, 0.4) is 0 Å². The summed E-state index contributed by atoms with van der Waals surface area (Å²) >= 11 is 0. The fraction of sp³-hybridized carbons (Fsp3) is 0. The van der Waals surface area contributed by atoms with E-state index in [0.29, 0.717) is 61.7 Å². The van der Waals surface area contributed by atoms with E-state index in [1.807, 2.05) is 140 Å². The number of hydrogen-bond acceptors (Lipinski definition) is 6. The van der Waals surface area contributed by atoms with Crippen molar-refractivity contribution in [3.63, 3.8) is 0 Å². The molecule has 0 saturated heterocycles. The maximum Gasteiger partial charge on any atom is 0.256 e. The number of azo groups is 1. The summed E-state index contributed by atoms with van der Waals surface area (Å²) in [6, 6.07) is 52.7. The monoisotopic (exact) mass is 674 g/mol. The van der Waals surface area contributed by atoms with Crippen molar-refractivity contribution in [1.29, 1.82) is 0 Å². The molecular formula is C44H30N6O2. The molecule has 0 aliphatic carbocycles. The Morgan fingerprint density at radius 2 is 0.942 bits per heavy atom. The lowest BCUT2D eigenvalue weighted by atomic mass is 10.0. The Labute approximate surface area is 299 Å². The summed E-state index contributed by atoms with van der Waals surface area (Å²) in [4.78, 5) is 37.9. The van der Waals surface area contributed by atoms with Crippen molar-refractivity contribution in [2.45, 2.75) is 0 Å². The molecule has 0 saturated carbocycles. The Morgan fingerprint density at radius 1 is 0.462 bits per heavy atom. The molecule has 0 radical (unpaired) electrons. The van der Waals surface area contributed by atoms with Crippen molar-refractivity contribution in [2.75, 3.05) is 10.6 Å². The second-order valence-corrected chi connectivity index (χ2v) is 12.1. The summed E-state index contributed by atoms with van der Waals surface area (Å²) in [5, 5.41) is 16.4. The molecule has 0 unspecified atom stereocenters. The number of aromatic nitrogens is 2. The number of pyridine rings is 2. The number of rotatable bonds is 8. The second-order valence-electron chi connectivity index (χ2n) is 12.1. The zero-order chi connectivity index (χ0) is 35.3. The van der Waals surface area contributed by atoms with Crippen molar-refractivity contribution < 1.29 is 9.59 Å². The maximum atomic E-state index is 14.2. The van der Waals surface area contributed by atoms with Crippen LogP contribution in [0.25, 0.3) is 44.3 Å². The summed E-state index contributed by atoms with van der Waals surface area (Å²) in [6.07, 6.45) is 0. The molecule has 2 N–H and O–H groups in total. The Hall–Kier alpha value is -7.32. The first kappa shape index (κ1) is 31.9. The molecule has 2 amide bonds. The fourth-order valence-electron chi connectivity index (χ4n) is 6.04. The molecule has 0 atom stereocenters. The molecule has 6 aromatic carbocycles. The van der Waals surface area contributed by atoms with Gasteiger partial charge in [-0.25, -0.2) is 9.97 Å². The maximum absolute atomic E-state index is 14.2. The van der Waals surface area contributed by atoms with Crippen LogP contribution in [-0.4, -0.2) is 21.8 Å². The van der Waals surface area contributed by atoms with E-state index in [4.69, 9.17) is 9.97 Å². The van der Waals surface area contributed by atoms with E-state index in [0.717, 1.165) is 16.5 Å². The molecule has 0 spiro atoms. The molecule has 8 nitrogen and oxygen atoms in total. The minimum absolute atomic E-state index is 0.320. The highest BCUT2D eigenvalue weighted by Crippen LogP contribution is 2.33. The average molecular weight is 675 g/mol. The number of nitrogens with zero attached hydrogens (tertiary/aromatic N) is 4. The van der Waals surface area contributed by atoms with Crippen molar-refractivity contribution in [1.82, 2.24) is 9.97 Å². The minimum atomic E-state index is -0.358. The van der Waals surface area contributed by atoms with Gasteiger partial charge in [0.25, 0.3) is 11.8 Å². The van der Waals surface area contributed by atoms with E-state index < -0.39 is 0 Å². The third kappa shape index (κ3) is 6.77. The third-order valence-corrected chi connectivity index (χ3v) is 8.59. The number of anilines is 2. The van der Waals surface area contributed by atoms with Gasteiger partial charge < -0.3 is 10.6 Å². The minimum Gasteiger partial charge on any atom is -0.322 e. The number of fused-ring (bicyclic) bond motifs is 2. The number of para-hydroxylation sites is 2. The fourth-order valence-corrected chi connectivity index (χ4v) is 6.04. The molecule has 8 rings (SSSR count). The van der Waals surface area contributed by atoms with Crippen LogP contribution in [0.2, 0.25) is 0 Å². The van der Waals surface area contributed by atoms with Gasteiger partial charge in [0.05, 0.1) is 44.9 Å². The van der Waals surface area contributed by atoms with E-state index in [9.17, 15) is 9.59 Å². The molecule has 0 bridgehead atoms. The van der Waals surface area contributed by atoms with Gasteiger partial charge in [-0.3, -0.25) is 9.59 Å². The Bertz CT molecular complexity index is 2610. The van der Waals surface area contributed by atoms with Crippen LogP contribution in [-0.2, 0) is 0 Å². The molecule has 8 heteroatoms. The van der Waals surface area contributed by atoms with Gasteiger partial charge in [0.2, 0.25) is 0 Å². The first-order chi connectivity index (χ1) is 25.6. The second kappa shape index (κ2) is 14.3. The van der Waals surface area contributed by atoms with E-state index in [2.05, 4.69) is 20.9 Å². The summed E-state index contributed by atoms with van der Waals surface area (Å²) in [6.45, 7) is 0. The number of carbonyl (C=O) groups is 2. The highest BCUT2D eigenvalue weighted by molar-refractivity contribution is 6.15. The summed E-state index contributed by atoms with van der Waals surface area (Å²) in [5.74, 6) is -0.678. The molecule has 52 heavy (non-hydrogen) atoms. The molecule has 0 aliphatic rings. The number of amides is 2. The standard InChI is InChI=1S/C44H30N6O2/c51-43(35-27-40(29-14-4-1-5-15-29)46-37-22-12-10-20-33(35)37)45-32-24-25-39(50-49-31-18-8-3-9-19-31)42(26-32)48-44(52)36-28-41(30-16-6-2-7-17-30)47-38-23-13-11-21-34(36)38/h1-28H,(H,45,51)(H,48,52). The van der Waals surface area contributed by atoms with Crippen molar-refractivity contribution in [3.05, 3.63) is 181 Å². The number of hydrogen-bond donors (Lipinski definition) is 2. The van der Waals surface area contributed by atoms with Crippen LogP contribution < -0.4 is 10.6 Å². The van der Waals surface area contributed by atoms with Crippen LogP contribution >= 0.6 is 0 Å². The Balaban J connectivity index is 1.17. The summed E-state index contributed by atoms with van der Waals surface area (Å²) in [7, 11) is 0. The third-order valence-electron chi connectivity index (χ3n) is 8.59. The van der Waals surface area contributed by atoms with Gasteiger partial charge >= 0.3 is 0 Å². The highest BCUT2D eigenvalue weighted by Gasteiger charge is 2.18. The van der Waals surface area contributed by atoms with Gasteiger partial charge in [0.15, 0.2) is 0 Å². The average Bonchev–Trinajstić information content (AvgIpc) is 3.20. The number of benzene rings is 6. The van der Waals surface area contributed by atoms with Crippen LogP contribution in [0.15, 0.2) is 180 Å². The van der Waals surface area contributed by atoms with E-state index >= 15 is 0 Å². The van der Waals surface area contributed by atoms with Gasteiger partial charge in [0, 0.05) is 27.6 Å². The number of nitrogens with one attached hydrogen (secondary N) is 2. The van der Waals surface area contributed by atoms with Gasteiger partial charge in [-0.05, 0) is 54.6 Å². The summed E-state index contributed by atoms with van der Waals surface area (Å²) < 4.78 is 0. The SMILES string of the molecule is O=C(Nc1ccc(N=Nc2ccccc2)c(NC(=O)c2cc(-c3ccccc3)nc3ccccc23)c1)c1cc(-c2ccccc2)nc2ccccc12. The number of carbonyl (C=O) groups excluding carboxylic acids is 2. The zero-order valence-electron chi connectivity index (χ0n) is 27.8. The zero-order valence-corrected chi connectivity index (χ0v) is 27.8. The molecule has 0 aliphatic heterocycles. The van der Waals surface area contributed by atoms with Crippen molar-refractivity contribution in [3.8, 4) is 22.5 Å². The van der Waals surface area contributed by atoms with E-state index in [-0.39, 0.29) is 11.8 Å². The normalized spacial score (nSPS) is 11.2. The van der Waals surface area contributed by atoms with Gasteiger partial charge in [0.1, 0.15) is 5.69 Å².